The van der Waals surface area contributed by atoms with Gasteiger partial charge in [0.2, 0.25) is 0 Å². The monoisotopic (exact) mass is 360 g/mol. The van der Waals surface area contributed by atoms with E-state index in [-0.39, 0.29) is 11.9 Å². The van der Waals surface area contributed by atoms with Crippen molar-refractivity contribution in [2.45, 2.75) is 19.4 Å². The standard InChI is InChI=1S/C23H24N2O2/c1-3-17(20-13-16(11-12-24-20)15-7-5-4-6-8-15)23-18-14-22(26)25-19(18)9-10-21(23)27-2/h3-11,14,20,24-26H,12-13H2,1-2H3/b17-3+. The quantitative estimate of drug-likeness (QED) is 0.630. The molecule has 0 radical (unpaired) electrons. The van der Waals surface area contributed by atoms with Gasteiger partial charge in [0.15, 0.2) is 5.88 Å². The summed E-state index contributed by atoms with van der Waals surface area (Å²) in [5, 5.41) is 14.5. The lowest BCUT2D eigenvalue weighted by Gasteiger charge is -2.28. The zero-order valence-corrected chi connectivity index (χ0v) is 15.6. The molecule has 1 aliphatic heterocycles. The lowest BCUT2D eigenvalue weighted by Crippen LogP contribution is -2.34. The van der Waals surface area contributed by atoms with Gasteiger partial charge in [-0.15, -0.1) is 0 Å². The Hall–Kier alpha value is -2.98. The molecule has 0 saturated carbocycles. The van der Waals surface area contributed by atoms with Gasteiger partial charge >= 0.3 is 0 Å². The molecule has 3 aromatic rings. The van der Waals surface area contributed by atoms with Gasteiger partial charge < -0.3 is 20.1 Å². The molecule has 0 fully saturated rings. The van der Waals surface area contributed by atoms with Crippen molar-refractivity contribution in [2.75, 3.05) is 13.7 Å². The number of aromatic amines is 1. The molecule has 1 aromatic heterocycles. The summed E-state index contributed by atoms with van der Waals surface area (Å²) in [6.45, 7) is 2.88. The molecule has 3 N–H and O–H groups in total. The number of nitrogens with one attached hydrogen (secondary N) is 2. The van der Waals surface area contributed by atoms with Crippen LogP contribution in [0.25, 0.3) is 22.0 Å². The average Bonchev–Trinajstić information content (AvgIpc) is 3.10. The minimum absolute atomic E-state index is 0.163. The molecule has 4 nitrogen and oxygen atoms in total. The van der Waals surface area contributed by atoms with E-state index >= 15 is 0 Å². The first kappa shape index (κ1) is 17.4. The van der Waals surface area contributed by atoms with Crippen LogP contribution in [0.2, 0.25) is 0 Å². The Kier molecular flexibility index (Phi) is 4.73. The van der Waals surface area contributed by atoms with E-state index < -0.39 is 0 Å². The topological polar surface area (TPSA) is 57.3 Å². The van der Waals surface area contributed by atoms with Crippen LogP contribution in [0, 0.1) is 0 Å². The van der Waals surface area contributed by atoms with Crippen LogP contribution in [0.3, 0.4) is 0 Å². The maximum absolute atomic E-state index is 9.96. The summed E-state index contributed by atoms with van der Waals surface area (Å²) in [6.07, 6.45) is 5.31. The van der Waals surface area contributed by atoms with Crippen LogP contribution in [0.5, 0.6) is 11.6 Å². The number of H-pyrrole nitrogens is 1. The number of benzene rings is 2. The highest BCUT2D eigenvalue weighted by molar-refractivity contribution is 5.97. The van der Waals surface area contributed by atoms with Crippen LogP contribution >= 0.6 is 0 Å². The van der Waals surface area contributed by atoms with Crippen molar-refractivity contribution >= 4 is 22.0 Å². The van der Waals surface area contributed by atoms with Crippen molar-refractivity contribution in [3.63, 3.8) is 0 Å². The van der Waals surface area contributed by atoms with Crippen molar-refractivity contribution in [1.29, 1.82) is 0 Å². The number of ether oxygens (including phenoxy) is 1. The third-order valence-corrected chi connectivity index (χ3v) is 5.23. The number of aromatic hydroxyl groups is 1. The molecule has 138 valence electrons. The minimum Gasteiger partial charge on any atom is -0.496 e. The molecular formula is C23H24N2O2. The number of methoxy groups -OCH3 is 1. The van der Waals surface area contributed by atoms with Crippen molar-refractivity contribution in [1.82, 2.24) is 10.3 Å². The SMILES string of the molecule is C/C=C(/c1c(OC)ccc2[nH]c(O)cc12)C1CC(c2ccccc2)=CCN1. The van der Waals surface area contributed by atoms with Gasteiger partial charge in [0.25, 0.3) is 0 Å². The number of hydrogen-bond acceptors (Lipinski definition) is 3. The van der Waals surface area contributed by atoms with Gasteiger partial charge in [0.1, 0.15) is 5.75 Å². The van der Waals surface area contributed by atoms with Gasteiger partial charge in [-0.25, -0.2) is 0 Å². The molecule has 0 aliphatic carbocycles. The minimum atomic E-state index is 0.163. The van der Waals surface area contributed by atoms with Gasteiger partial charge in [-0.2, -0.15) is 0 Å². The zero-order valence-electron chi connectivity index (χ0n) is 15.6. The molecule has 27 heavy (non-hydrogen) atoms. The first-order valence-electron chi connectivity index (χ1n) is 9.24. The second-order valence-corrected chi connectivity index (χ2v) is 6.76. The Labute approximate surface area is 159 Å². The summed E-state index contributed by atoms with van der Waals surface area (Å²) in [5.74, 6) is 0.976. The summed E-state index contributed by atoms with van der Waals surface area (Å²) in [7, 11) is 1.69. The fourth-order valence-electron chi connectivity index (χ4n) is 3.96. The van der Waals surface area contributed by atoms with E-state index in [2.05, 4.69) is 53.6 Å². The van der Waals surface area contributed by atoms with E-state index in [4.69, 9.17) is 4.74 Å². The summed E-state index contributed by atoms with van der Waals surface area (Å²) >= 11 is 0. The van der Waals surface area contributed by atoms with Crippen LogP contribution in [0.15, 0.2) is 60.7 Å². The van der Waals surface area contributed by atoms with Crippen molar-refractivity contribution < 1.29 is 9.84 Å². The molecule has 2 aromatic carbocycles. The van der Waals surface area contributed by atoms with Crippen LogP contribution in [-0.4, -0.2) is 29.8 Å². The maximum atomic E-state index is 9.96. The van der Waals surface area contributed by atoms with Gasteiger partial charge in [0, 0.05) is 35.1 Å². The van der Waals surface area contributed by atoms with E-state index in [0.29, 0.717) is 0 Å². The third kappa shape index (κ3) is 3.24. The molecule has 0 saturated heterocycles. The van der Waals surface area contributed by atoms with E-state index in [0.717, 1.165) is 35.2 Å². The van der Waals surface area contributed by atoms with E-state index in [1.54, 1.807) is 13.2 Å². The van der Waals surface area contributed by atoms with Crippen molar-refractivity contribution in [3.8, 4) is 11.6 Å². The van der Waals surface area contributed by atoms with Crippen molar-refractivity contribution in [2.24, 2.45) is 0 Å². The van der Waals surface area contributed by atoms with Crippen molar-refractivity contribution in [3.05, 3.63) is 71.8 Å². The number of rotatable bonds is 4. The number of aromatic nitrogens is 1. The molecule has 1 atom stereocenters. The summed E-state index contributed by atoms with van der Waals surface area (Å²) in [5.41, 5.74) is 5.72. The lowest BCUT2D eigenvalue weighted by molar-refractivity contribution is 0.413. The highest BCUT2D eigenvalue weighted by Crippen LogP contribution is 2.39. The molecule has 1 aliphatic rings. The predicted molar refractivity (Wildman–Crippen MR) is 111 cm³/mol. The smallest absolute Gasteiger partial charge is 0.189 e. The largest absolute Gasteiger partial charge is 0.496 e. The Bertz CT molecular complexity index is 1020. The first-order chi connectivity index (χ1) is 13.2. The number of fused-ring (bicyclic) bond motifs is 1. The summed E-state index contributed by atoms with van der Waals surface area (Å²) in [4.78, 5) is 3.01. The molecule has 4 heteroatoms. The molecule has 4 rings (SSSR count). The fraction of sp³-hybridized carbons (Fsp3) is 0.217. The van der Waals surface area contributed by atoms with Crippen LogP contribution in [-0.2, 0) is 0 Å². The van der Waals surface area contributed by atoms with Crippen LogP contribution in [0.4, 0.5) is 0 Å². The summed E-state index contributed by atoms with van der Waals surface area (Å²) in [6, 6.07) is 16.4. The third-order valence-electron chi connectivity index (χ3n) is 5.23. The van der Waals surface area contributed by atoms with Gasteiger partial charge in [-0.3, -0.25) is 0 Å². The second kappa shape index (κ2) is 7.33. The Morgan fingerprint density at radius 3 is 2.74 bits per heavy atom. The Morgan fingerprint density at radius 2 is 2.00 bits per heavy atom. The van der Waals surface area contributed by atoms with Crippen LogP contribution < -0.4 is 10.1 Å². The van der Waals surface area contributed by atoms with E-state index in [1.807, 2.05) is 18.2 Å². The number of hydrogen-bond donors (Lipinski definition) is 3. The van der Waals surface area contributed by atoms with E-state index in [1.165, 1.54) is 16.7 Å². The predicted octanol–water partition coefficient (Wildman–Crippen LogP) is 4.73. The molecular weight excluding hydrogens is 336 g/mol. The lowest BCUT2D eigenvalue weighted by atomic mass is 9.86. The van der Waals surface area contributed by atoms with Crippen LogP contribution in [0.1, 0.15) is 24.5 Å². The summed E-state index contributed by atoms with van der Waals surface area (Å²) < 4.78 is 5.67. The Morgan fingerprint density at radius 1 is 1.19 bits per heavy atom. The van der Waals surface area contributed by atoms with E-state index in [9.17, 15) is 5.11 Å². The normalized spacial score (nSPS) is 17.8. The maximum Gasteiger partial charge on any atom is 0.189 e. The molecule has 2 heterocycles. The Balaban J connectivity index is 1.75. The molecule has 1 unspecified atom stereocenters. The van der Waals surface area contributed by atoms with Gasteiger partial charge in [-0.05, 0) is 42.2 Å². The molecule has 0 spiro atoms. The zero-order chi connectivity index (χ0) is 18.8. The first-order valence-corrected chi connectivity index (χ1v) is 9.24. The second-order valence-electron chi connectivity index (χ2n) is 6.76. The highest BCUT2D eigenvalue weighted by Gasteiger charge is 2.24. The highest BCUT2D eigenvalue weighted by atomic mass is 16.5. The molecule has 0 bridgehead atoms. The van der Waals surface area contributed by atoms with Gasteiger partial charge in [-0.1, -0.05) is 42.5 Å². The fourth-order valence-corrected chi connectivity index (χ4v) is 3.96. The average molecular weight is 360 g/mol. The number of allylic oxidation sites excluding steroid dienone is 1. The van der Waals surface area contributed by atoms with Gasteiger partial charge in [0.05, 0.1) is 7.11 Å². The molecule has 0 amide bonds.